The first-order valence-corrected chi connectivity index (χ1v) is 8.26. The van der Waals surface area contributed by atoms with Crippen LogP contribution in [0.3, 0.4) is 0 Å². The Morgan fingerprint density at radius 2 is 1.82 bits per heavy atom. The molecule has 1 fully saturated rings. The largest absolute Gasteiger partial charge is 0.481 e. The van der Waals surface area contributed by atoms with Gasteiger partial charge in [0, 0.05) is 5.69 Å². The summed E-state index contributed by atoms with van der Waals surface area (Å²) in [6, 6.07) is 9.40. The number of carboxylic acids is 1. The van der Waals surface area contributed by atoms with Crippen molar-refractivity contribution < 1.29 is 32.7 Å². The number of rotatable bonds is 5. The number of nitrogens with zero attached hydrogens (tertiary/aromatic N) is 1. The number of imide groups is 1. The Hall–Kier alpha value is -3.36. The second-order valence-electron chi connectivity index (χ2n) is 6.28. The molecule has 3 rings (SSSR count). The molecule has 2 aromatic rings. The molecular weight excluding hydrogens is 377 g/mol. The Morgan fingerprint density at radius 1 is 1.14 bits per heavy atom. The fourth-order valence-electron chi connectivity index (χ4n) is 2.93. The van der Waals surface area contributed by atoms with Crippen molar-refractivity contribution >= 4 is 29.2 Å². The summed E-state index contributed by atoms with van der Waals surface area (Å²) >= 11 is 0. The van der Waals surface area contributed by atoms with Crippen LogP contribution in [-0.2, 0) is 27.0 Å². The zero-order chi connectivity index (χ0) is 20.5. The summed E-state index contributed by atoms with van der Waals surface area (Å²) in [5.41, 5.74) is -0.0226. The molecule has 1 aliphatic rings. The van der Waals surface area contributed by atoms with Crippen LogP contribution < -0.4 is 10.2 Å². The van der Waals surface area contributed by atoms with E-state index in [2.05, 4.69) is 5.32 Å². The third kappa shape index (κ3) is 4.13. The van der Waals surface area contributed by atoms with Gasteiger partial charge in [-0.2, -0.15) is 13.2 Å². The lowest BCUT2D eigenvalue weighted by molar-refractivity contribution is -0.138. The Morgan fingerprint density at radius 3 is 2.43 bits per heavy atom. The highest BCUT2D eigenvalue weighted by atomic mass is 19.4. The molecular formula is C19H15F3N2O4. The molecule has 146 valence electrons. The van der Waals surface area contributed by atoms with Crippen molar-refractivity contribution in [2.24, 2.45) is 0 Å². The number of hydrogen-bond acceptors (Lipinski definition) is 4. The van der Waals surface area contributed by atoms with E-state index in [1.807, 2.05) is 0 Å². The van der Waals surface area contributed by atoms with Crippen LogP contribution in [-0.4, -0.2) is 28.9 Å². The standard InChI is InChI=1S/C19H15F3N2O4/c20-19(21,22)12-2-1-3-14(9-12)24-16(25)10-15(18(24)28)23-13-6-4-11(5-7-13)8-17(26)27/h1-7,9,15,23H,8,10H2,(H,26,27)/t15-/m1/s1. The number of carbonyl (C=O) groups is 3. The van der Waals surface area contributed by atoms with Crippen LogP contribution in [0.25, 0.3) is 0 Å². The van der Waals surface area contributed by atoms with E-state index in [4.69, 9.17) is 5.11 Å². The highest BCUT2D eigenvalue weighted by molar-refractivity contribution is 6.23. The lowest BCUT2D eigenvalue weighted by atomic mass is 10.1. The number of nitrogens with one attached hydrogen (secondary N) is 1. The number of halogens is 3. The van der Waals surface area contributed by atoms with Gasteiger partial charge in [-0.1, -0.05) is 18.2 Å². The Labute approximate surface area is 157 Å². The van der Waals surface area contributed by atoms with Gasteiger partial charge in [0.05, 0.1) is 24.1 Å². The summed E-state index contributed by atoms with van der Waals surface area (Å²) in [4.78, 5) is 36.3. The average Bonchev–Trinajstić information content (AvgIpc) is 2.89. The topological polar surface area (TPSA) is 86.7 Å². The quantitative estimate of drug-likeness (QED) is 0.764. The second kappa shape index (κ2) is 7.34. The fraction of sp³-hybridized carbons (Fsp3) is 0.211. The summed E-state index contributed by atoms with van der Waals surface area (Å²) in [6.45, 7) is 0. The van der Waals surface area contributed by atoms with Gasteiger partial charge < -0.3 is 10.4 Å². The summed E-state index contributed by atoms with van der Waals surface area (Å²) in [5.74, 6) is -2.24. The minimum Gasteiger partial charge on any atom is -0.481 e. The molecule has 0 bridgehead atoms. The number of anilines is 2. The van der Waals surface area contributed by atoms with Crippen LogP contribution in [0.2, 0.25) is 0 Å². The molecule has 1 atom stereocenters. The van der Waals surface area contributed by atoms with Gasteiger partial charge in [-0.3, -0.25) is 14.4 Å². The number of amides is 2. The minimum atomic E-state index is -4.59. The fourth-order valence-corrected chi connectivity index (χ4v) is 2.93. The van der Waals surface area contributed by atoms with Crippen LogP contribution in [0.5, 0.6) is 0 Å². The molecule has 2 N–H and O–H groups in total. The zero-order valence-electron chi connectivity index (χ0n) is 14.4. The van der Waals surface area contributed by atoms with Crippen LogP contribution in [0.4, 0.5) is 24.5 Å². The van der Waals surface area contributed by atoms with Crippen molar-refractivity contribution in [3.8, 4) is 0 Å². The molecule has 1 aliphatic heterocycles. The molecule has 0 radical (unpaired) electrons. The number of carboxylic acid groups (broad SMARTS) is 1. The van der Waals surface area contributed by atoms with Crippen LogP contribution in [0.1, 0.15) is 17.5 Å². The molecule has 2 aromatic carbocycles. The zero-order valence-corrected chi connectivity index (χ0v) is 14.4. The molecule has 0 unspecified atom stereocenters. The number of aliphatic carboxylic acids is 1. The maximum absolute atomic E-state index is 12.9. The average molecular weight is 392 g/mol. The van der Waals surface area contributed by atoms with E-state index in [0.29, 0.717) is 11.3 Å². The van der Waals surface area contributed by atoms with Gasteiger partial charge in [-0.05, 0) is 35.9 Å². The summed E-state index contributed by atoms with van der Waals surface area (Å²) < 4.78 is 38.7. The van der Waals surface area contributed by atoms with E-state index in [-0.39, 0.29) is 18.5 Å². The van der Waals surface area contributed by atoms with Gasteiger partial charge in [-0.25, -0.2) is 4.90 Å². The molecule has 2 amide bonds. The van der Waals surface area contributed by atoms with Crippen molar-refractivity contribution in [2.45, 2.75) is 25.1 Å². The van der Waals surface area contributed by atoms with Gasteiger partial charge in [0.15, 0.2) is 0 Å². The van der Waals surface area contributed by atoms with Crippen LogP contribution >= 0.6 is 0 Å². The molecule has 0 aliphatic carbocycles. The minimum absolute atomic E-state index is 0.133. The van der Waals surface area contributed by atoms with Gasteiger partial charge in [0.25, 0.3) is 5.91 Å². The van der Waals surface area contributed by atoms with E-state index in [1.165, 1.54) is 6.07 Å². The van der Waals surface area contributed by atoms with E-state index in [9.17, 15) is 27.6 Å². The third-order valence-electron chi connectivity index (χ3n) is 4.23. The van der Waals surface area contributed by atoms with Crippen molar-refractivity contribution in [2.75, 3.05) is 10.2 Å². The molecule has 0 aromatic heterocycles. The van der Waals surface area contributed by atoms with Gasteiger partial charge in [0.1, 0.15) is 6.04 Å². The summed E-state index contributed by atoms with van der Waals surface area (Å²) in [5, 5.41) is 11.6. The molecule has 6 nitrogen and oxygen atoms in total. The molecule has 0 saturated carbocycles. The van der Waals surface area contributed by atoms with Gasteiger partial charge in [0.2, 0.25) is 5.91 Å². The normalized spacial score (nSPS) is 17.1. The number of alkyl halides is 3. The highest BCUT2D eigenvalue weighted by Gasteiger charge is 2.40. The lowest BCUT2D eigenvalue weighted by Gasteiger charge is -2.17. The van der Waals surface area contributed by atoms with Crippen LogP contribution in [0.15, 0.2) is 48.5 Å². The predicted molar refractivity (Wildman–Crippen MR) is 93.7 cm³/mol. The maximum atomic E-state index is 12.9. The van der Waals surface area contributed by atoms with Crippen LogP contribution in [0, 0.1) is 0 Å². The predicted octanol–water partition coefficient (Wildman–Crippen LogP) is 3.08. The number of hydrogen-bond donors (Lipinski definition) is 2. The van der Waals surface area contributed by atoms with Crippen molar-refractivity contribution in [3.63, 3.8) is 0 Å². The summed E-state index contributed by atoms with van der Waals surface area (Å²) in [6.07, 6.45) is -4.94. The second-order valence-corrected chi connectivity index (χ2v) is 6.28. The van der Waals surface area contributed by atoms with Crippen molar-refractivity contribution in [1.29, 1.82) is 0 Å². The smallest absolute Gasteiger partial charge is 0.416 e. The molecule has 0 spiro atoms. The number of carbonyl (C=O) groups excluding carboxylic acids is 2. The van der Waals surface area contributed by atoms with Crippen molar-refractivity contribution in [1.82, 2.24) is 0 Å². The molecule has 9 heteroatoms. The number of benzene rings is 2. The van der Waals surface area contributed by atoms with Gasteiger partial charge in [-0.15, -0.1) is 0 Å². The third-order valence-corrected chi connectivity index (χ3v) is 4.23. The SMILES string of the molecule is O=C(O)Cc1ccc(N[C@@H]2CC(=O)N(c3cccc(C(F)(F)F)c3)C2=O)cc1. The summed E-state index contributed by atoms with van der Waals surface area (Å²) in [7, 11) is 0. The Kier molecular flexibility index (Phi) is 5.08. The van der Waals surface area contributed by atoms with E-state index >= 15 is 0 Å². The first-order valence-electron chi connectivity index (χ1n) is 8.26. The van der Waals surface area contributed by atoms with E-state index in [1.54, 1.807) is 24.3 Å². The van der Waals surface area contributed by atoms with Gasteiger partial charge >= 0.3 is 12.1 Å². The molecule has 1 saturated heterocycles. The highest BCUT2D eigenvalue weighted by Crippen LogP contribution is 2.33. The van der Waals surface area contributed by atoms with Crippen molar-refractivity contribution in [3.05, 3.63) is 59.7 Å². The molecule has 1 heterocycles. The molecule has 28 heavy (non-hydrogen) atoms. The lowest BCUT2D eigenvalue weighted by Crippen LogP contribution is -2.35. The van der Waals surface area contributed by atoms with E-state index in [0.717, 1.165) is 23.1 Å². The maximum Gasteiger partial charge on any atom is 0.416 e. The monoisotopic (exact) mass is 392 g/mol. The Bertz CT molecular complexity index is 926. The first kappa shape index (κ1) is 19.4. The Balaban J connectivity index is 1.76. The van der Waals surface area contributed by atoms with E-state index < -0.39 is 35.6 Å². The first-order chi connectivity index (χ1) is 13.1.